The predicted octanol–water partition coefficient (Wildman–Crippen LogP) is 4.63. The fraction of sp³-hybridized carbons (Fsp3) is 1.00. The van der Waals surface area contributed by atoms with E-state index in [1.807, 2.05) is 0 Å². The molecule has 13 heavy (non-hydrogen) atoms. The van der Waals surface area contributed by atoms with Gasteiger partial charge in [0.05, 0.1) is 24.6 Å². The van der Waals surface area contributed by atoms with Gasteiger partial charge in [-0.25, -0.2) is 0 Å². The second-order valence-electron chi connectivity index (χ2n) is 3.93. The van der Waals surface area contributed by atoms with Crippen molar-refractivity contribution in [3.05, 3.63) is 0 Å². The van der Waals surface area contributed by atoms with Crippen LogP contribution in [0.15, 0.2) is 0 Å². The molecule has 0 aromatic rings. The SMILES string of the molecule is CCC[P+](CCC)(CCC)CCBr. The minimum Gasteiger partial charge on any atom is -0.0889 e. The number of hydrogen-bond donors (Lipinski definition) is 0. The van der Waals surface area contributed by atoms with E-state index in [0.29, 0.717) is 0 Å². The lowest BCUT2D eigenvalue weighted by Crippen LogP contribution is -2.12. The highest BCUT2D eigenvalue weighted by molar-refractivity contribution is 9.09. The first-order valence-electron chi connectivity index (χ1n) is 5.65. The van der Waals surface area contributed by atoms with Gasteiger partial charge in [-0.2, -0.15) is 0 Å². The maximum Gasteiger partial charge on any atom is 0.0691 e. The van der Waals surface area contributed by atoms with E-state index in [-0.39, 0.29) is 0 Å². The van der Waals surface area contributed by atoms with E-state index in [9.17, 15) is 0 Å². The van der Waals surface area contributed by atoms with E-state index in [4.69, 9.17) is 0 Å². The molecule has 2 heteroatoms. The third kappa shape index (κ3) is 5.37. The molecule has 0 spiro atoms. The summed E-state index contributed by atoms with van der Waals surface area (Å²) in [6.45, 7) is 7.02. The average Bonchev–Trinajstić information content (AvgIpc) is 2.06. The van der Waals surface area contributed by atoms with Gasteiger partial charge in [-0.3, -0.25) is 0 Å². The molecule has 0 saturated heterocycles. The summed E-state index contributed by atoms with van der Waals surface area (Å²) in [7, 11) is -0.543. The van der Waals surface area contributed by atoms with Gasteiger partial charge in [-0.1, -0.05) is 36.7 Å². The zero-order valence-corrected chi connectivity index (χ0v) is 12.0. The maximum absolute atomic E-state index is 3.62. The molecule has 0 unspecified atom stereocenters. The molecule has 0 heterocycles. The van der Waals surface area contributed by atoms with Crippen molar-refractivity contribution in [1.29, 1.82) is 0 Å². The van der Waals surface area contributed by atoms with Crippen LogP contribution in [0.2, 0.25) is 0 Å². The Morgan fingerprint density at radius 1 is 0.769 bits per heavy atom. The fourth-order valence-corrected chi connectivity index (χ4v) is 9.08. The Balaban J connectivity index is 4.19. The van der Waals surface area contributed by atoms with Crippen molar-refractivity contribution in [2.75, 3.05) is 30.0 Å². The molecule has 0 saturated carbocycles. The zero-order chi connectivity index (χ0) is 10.2. The highest BCUT2D eigenvalue weighted by atomic mass is 79.9. The summed E-state index contributed by atoms with van der Waals surface area (Å²) in [5, 5.41) is 1.22. The van der Waals surface area contributed by atoms with Gasteiger partial charge in [0.1, 0.15) is 0 Å². The van der Waals surface area contributed by atoms with Gasteiger partial charge in [0.15, 0.2) is 0 Å². The van der Waals surface area contributed by atoms with Crippen molar-refractivity contribution in [3.8, 4) is 0 Å². The minimum atomic E-state index is -0.543. The zero-order valence-electron chi connectivity index (χ0n) is 9.48. The number of rotatable bonds is 8. The van der Waals surface area contributed by atoms with Crippen LogP contribution in [0.25, 0.3) is 0 Å². The molecule has 0 rings (SSSR count). The van der Waals surface area contributed by atoms with Gasteiger partial charge in [0.25, 0.3) is 0 Å². The van der Waals surface area contributed by atoms with Crippen LogP contribution < -0.4 is 0 Å². The topological polar surface area (TPSA) is 0 Å². The Morgan fingerprint density at radius 2 is 1.15 bits per heavy atom. The smallest absolute Gasteiger partial charge is 0.0691 e. The molecule has 0 bridgehead atoms. The Hall–Kier alpha value is 0.910. The summed E-state index contributed by atoms with van der Waals surface area (Å²) >= 11 is 3.62. The molecule has 0 atom stereocenters. The monoisotopic (exact) mass is 267 g/mol. The van der Waals surface area contributed by atoms with Gasteiger partial charge >= 0.3 is 0 Å². The van der Waals surface area contributed by atoms with Gasteiger partial charge in [0, 0.05) is 12.6 Å². The Bertz CT molecular complexity index is 85.1. The Morgan fingerprint density at radius 3 is 1.38 bits per heavy atom. The van der Waals surface area contributed by atoms with Crippen LogP contribution in [0.5, 0.6) is 0 Å². The second-order valence-corrected chi connectivity index (χ2v) is 9.19. The Labute approximate surface area is 93.3 Å². The first-order valence-corrected chi connectivity index (χ1v) is 9.30. The van der Waals surface area contributed by atoms with E-state index < -0.39 is 7.26 Å². The molecular weight excluding hydrogens is 243 g/mol. The van der Waals surface area contributed by atoms with Crippen molar-refractivity contribution in [2.24, 2.45) is 0 Å². The van der Waals surface area contributed by atoms with Crippen molar-refractivity contribution in [2.45, 2.75) is 40.0 Å². The number of alkyl halides is 1. The van der Waals surface area contributed by atoms with E-state index >= 15 is 0 Å². The lowest BCUT2D eigenvalue weighted by Gasteiger charge is -2.26. The first kappa shape index (κ1) is 13.9. The third-order valence-corrected chi connectivity index (χ3v) is 9.02. The standard InChI is InChI=1S/C11H25BrP/c1-4-8-13(9-5-2,10-6-3)11-7-12/h4-11H2,1-3H3/q+1. The van der Waals surface area contributed by atoms with Crippen LogP contribution in [0, 0.1) is 0 Å². The third-order valence-electron chi connectivity index (χ3n) is 2.65. The summed E-state index contributed by atoms with van der Waals surface area (Å²) in [6, 6.07) is 0. The maximum atomic E-state index is 3.62. The molecule has 0 amide bonds. The van der Waals surface area contributed by atoms with Gasteiger partial charge < -0.3 is 0 Å². The summed E-state index contributed by atoms with van der Waals surface area (Å²) in [5.74, 6) is 0. The van der Waals surface area contributed by atoms with E-state index in [0.717, 1.165) is 0 Å². The van der Waals surface area contributed by atoms with Crippen LogP contribution in [-0.2, 0) is 0 Å². The molecule has 0 aliphatic carbocycles. The van der Waals surface area contributed by atoms with Crippen LogP contribution in [0.4, 0.5) is 0 Å². The van der Waals surface area contributed by atoms with Crippen LogP contribution in [0.3, 0.4) is 0 Å². The summed E-state index contributed by atoms with van der Waals surface area (Å²) < 4.78 is 0. The highest BCUT2D eigenvalue weighted by Gasteiger charge is 2.33. The van der Waals surface area contributed by atoms with Crippen molar-refractivity contribution in [3.63, 3.8) is 0 Å². The summed E-state index contributed by atoms with van der Waals surface area (Å²) in [6.07, 6.45) is 10.2. The lowest BCUT2D eigenvalue weighted by atomic mass is 10.6. The van der Waals surface area contributed by atoms with Crippen LogP contribution in [-0.4, -0.2) is 30.0 Å². The summed E-state index contributed by atoms with van der Waals surface area (Å²) in [4.78, 5) is 0. The molecule has 0 radical (unpaired) electrons. The number of halogens is 1. The largest absolute Gasteiger partial charge is 0.0889 e. The Kier molecular flexibility index (Phi) is 8.81. The molecule has 0 aliphatic rings. The summed E-state index contributed by atoms with van der Waals surface area (Å²) in [5.41, 5.74) is 0. The molecule has 0 fully saturated rings. The highest BCUT2D eigenvalue weighted by Crippen LogP contribution is 2.60. The second kappa shape index (κ2) is 8.24. The van der Waals surface area contributed by atoms with Gasteiger partial charge in [-0.05, 0) is 19.3 Å². The van der Waals surface area contributed by atoms with Gasteiger partial charge in [-0.15, -0.1) is 0 Å². The average molecular weight is 268 g/mol. The molecule has 0 aliphatic heterocycles. The van der Waals surface area contributed by atoms with Gasteiger partial charge in [0.2, 0.25) is 0 Å². The number of hydrogen-bond acceptors (Lipinski definition) is 0. The molecule has 0 N–H and O–H groups in total. The lowest BCUT2D eigenvalue weighted by molar-refractivity contribution is 0.990. The quantitative estimate of drug-likeness (QED) is 0.445. The van der Waals surface area contributed by atoms with Crippen molar-refractivity contribution >= 4 is 23.2 Å². The van der Waals surface area contributed by atoms with Crippen molar-refractivity contribution < 1.29 is 0 Å². The fourth-order valence-electron chi connectivity index (χ4n) is 2.27. The van der Waals surface area contributed by atoms with E-state index in [1.165, 1.54) is 49.2 Å². The molecule has 0 aromatic heterocycles. The molecule has 0 aromatic carbocycles. The molecule has 0 nitrogen and oxygen atoms in total. The molecular formula is C11H25BrP+. The molecule has 80 valence electrons. The minimum absolute atomic E-state index is 0.543. The normalized spacial score (nSPS) is 12.0. The van der Waals surface area contributed by atoms with Crippen molar-refractivity contribution in [1.82, 2.24) is 0 Å². The van der Waals surface area contributed by atoms with Crippen LogP contribution >= 0.6 is 23.2 Å². The van der Waals surface area contributed by atoms with E-state index in [2.05, 4.69) is 36.7 Å². The van der Waals surface area contributed by atoms with E-state index in [1.54, 1.807) is 0 Å². The first-order chi connectivity index (χ1) is 6.24. The van der Waals surface area contributed by atoms with Crippen LogP contribution in [0.1, 0.15) is 40.0 Å². The predicted molar refractivity (Wildman–Crippen MR) is 71.1 cm³/mol.